The lowest BCUT2D eigenvalue weighted by atomic mass is 10.2. The summed E-state index contributed by atoms with van der Waals surface area (Å²) in [5.41, 5.74) is 5.97. The summed E-state index contributed by atoms with van der Waals surface area (Å²) in [6.07, 6.45) is 0. The molecule has 10 heteroatoms. The molecule has 0 aliphatic carbocycles. The molecule has 2 amide bonds. The third kappa shape index (κ3) is 4.79. The first-order valence-corrected chi connectivity index (χ1v) is 10.6. The highest BCUT2D eigenvalue weighted by atomic mass is 32.2. The zero-order valence-corrected chi connectivity index (χ0v) is 16.5. The van der Waals surface area contributed by atoms with Crippen molar-refractivity contribution in [1.82, 2.24) is 0 Å². The quantitative estimate of drug-likeness (QED) is 0.597. The van der Waals surface area contributed by atoms with Crippen LogP contribution in [0.2, 0.25) is 0 Å². The molecule has 29 heavy (non-hydrogen) atoms. The molecular formula is C19H16FN3O4S2. The van der Waals surface area contributed by atoms with Crippen LogP contribution in [-0.4, -0.2) is 26.8 Å². The van der Waals surface area contributed by atoms with Gasteiger partial charge in [-0.1, -0.05) is 6.07 Å². The molecule has 3 rings (SSSR count). The molecule has 3 aromatic rings. The first-order chi connectivity index (χ1) is 13.8. The minimum Gasteiger partial charge on any atom is -0.366 e. The number of hydrogen-bond acceptors (Lipinski definition) is 5. The molecule has 2 aromatic carbocycles. The standard InChI is InChI=1S/C19H16FN3O4S2/c20-14-5-9-16(10-6-14)23(29(26,27)18-2-1-11-28-18)12-17(24)22-15-7-3-13(4-8-15)19(21)25/h1-11H,12H2,(H2,21,25)(H,22,24). The van der Waals surface area contributed by atoms with E-state index in [0.717, 1.165) is 27.8 Å². The van der Waals surface area contributed by atoms with Gasteiger partial charge in [0.15, 0.2) is 0 Å². The number of nitrogens with two attached hydrogens (primary N) is 1. The first kappa shape index (κ1) is 20.5. The molecule has 1 aromatic heterocycles. The van der Waals surface area contributed by atoms with Crippen molar-refractivity contribution in [2.24, 2.45) is 5.73 Å². The van der Waals surface area contributed by atoms with Crippen molar-refractivity contribution in [2.75, 3.05) is 16.2 Å². The number of sulfonamides is 1. The van der Waals surface area contributed by atoms with Crippen molar-refractivity contribution in [1.29, 1.82) is 0 Å². The van der Waals surface area contributed by atoms with Crippen LogP contribution in [0.3, 0.4) is 0 Å². The lowest BCUT2D eigenvalue weighted by Crippen LogP contribution is -2.37. The van der Waals surface area contributed by atoms with Gasteiger partial charge in [0.1, 0.15) is 16.6 Å². The number of rotatable bonds is 7. The Balaban J connectivity index is 1.85. The van der Waals surface area contributed by atoms with E-state index < -0.39 is 34.2 Å². The van der Waals surface area contributed by atoms with E-state index in [1.54, 1.807) is 11.4 Å². The van der Waals surface area contributed by atoms with Crippen LogP contribution in [0.1, 0.15) is 10.4 Å². The molecule has 0 fully saturated rings. The average Bonchev–Trinajstić information content (AvgIpc) is 3.23. The van der Waals surface area contributed by atoms with Gasteiger partial charge in [0.25, 0.3) is 10.0 Å². The zero-order chi connectivity index (χ0) is 21.0. The molecule has 0 unspecified atom stereocenters. The Bertz CT molecular complexity index is 1110. The van der Waals surface area contributed by atoms with Gasteiger partial charge in [0, 0.05) is 11.3 Å². The van der Waals surface area contributed by atoms with Crippen molar-refractivity contribution < 1.29 is 22.4 Å². The molecule has 0 aliphatic rings. The van der Waals surface area contributed by atoms with Crippen LogP contribution in [0, 0.1) is 5.82 Å². The number of amides is 2. The van der Waals surface area contributed by atoms with Gasteiger partial charge in [0.05, 0.1) is 5.69 Å². The summed E-state index contributed by atoms with van der Waals surface area (Å²) in [5, 5.41) is 4.18. The topological polar surface area (TPSA) is 110 Å². The Morgan fingerprint density at radius 1 is 1.03 bits per heavy atom. The molecule has 0 saturated heterocycles. The maximum absolute atomic E-state index is 13.3. The fraction of sp³-hybridized carbons (Fsp3) is 0.0526. The van der Waals surface area contributed by atoms with Crippen LogP contribution >= 0.6 is 11.3 Å². The molecule has 0 bridgehead atoms. The van der Waals surface area contributed by atoms with Crippen LogP contribution in [0.5, 0.6) is 0 Å². The number of primary amides is 1. The summed E-state index contributed by atoms with van der Waals surface area (Å²) in [6, 6.07) is 13.7. The normalized spacial score (nSPS) is 11.1. The Kier molecular flexibility index (Phi) is 5.95. The Hall–Kier alpha value is -3.24. The van der Waals surface area contributed by atoms with Crippen molar-refractivity contribution in [3.05, 3.63) is 77.4 Å². The Morgan fingerprint density at radius 3 is 2.24 bits per heavy atom. The van der Waals surface area contributed by atoms with Crippen molar-refractivity contribution in [2.45, 2.75) is 4.21 Å². The summed E-state index contributed by atoms with van der Waals surface area (Å²) >= 11 is 1.01. The van der Waals surface area contributed by atoms with E-state index in [1.807, 2.05) is 0 Å². The third-order valence-electron chi connectivity index (χ3n) is 3.89. The molecule has 0 spiro atoms. The van der Waals surface area contributed by atoms with Crippen molar-refractivity contribution in [3.63, 3.8) is 0 Å². The fourth-order valence-electron chi connectivity index (χ4n) is 2.49. The summed E-state index contributed by atoms with van der Waals surface area (Å²) < 4.78 is 40.2. The van der Waals surface area contributed by atoms with E-state index in [9.17, 15) is 22.4 Å². The second-order valence-corrected chi connectivity index (χ2v) is 8.95. The predicted molar refractivity (Wildman–Crippen MR) is 109 cm³/mol. The average molecular weight is 433 g/mol. The van der Waals surface area contributed by atoms with E-state index >= 15 is 0 Å². The number of thiophene rings is 1. The lowest BCUT2D eigenvalue weighted by Gasteiger charge is -2.23. The largest absolute Gasteiger partial charge is 0.366 e. The zero-order valence-electron chi connectivity index (χ0n) is 14.9. The van der Waals surface area contributed by atoms with Gasteiger partial charge in [0.2, 0.25) is 11.8 Å². The van der Waals surface area contributed by atoms with E-state index in [4.69, 9.17) is 5.73 Å². The van der Waals surface area contributed by atoms with Gasteiger partial charge in [-0.05, 0) is 60.0 Å². The fourth-order valence-corrected chi connectivity index (χ4v) is 5.02. The molecule has 0 saturated carbocycles. The van der Waals surface area contributed by atoms with Crippen LogP contribution < -0.4 is 15.4 Å². The maximum Gasteiger partial charge on any atom is 0.274 e. The van der Waals surface area contributed by atoms with Gasteiger partial charge >= 0.3 is 0 Å². The number of carbonyl (C=O) groups is 2. The SMILES string of the molecule is NC(=O)c1ccc(NC(=O)CN(c2ccc(F)cc2)S(=O)(=O)c2cccs2)cc1. The second kappa shape index (κ2) is 8.41. The smallest absolute Gasteiger partial charge is 0.274 e. The number of nitrogens with zero attached hydrogens (tertiary/aromatic N) is 1. The Labute approximate surface area is 170 Å². The van der Waals surface area contributed by atoms with Crippen LogP contribution in [0.25, 0.3) is 0 Å². The first-order valence-electron chi connectivity index (χ1n) is 8.29. The van der Waals surface area contributed by atoms with Gasteiger partial charge in [-0.3, -0.25) is 13.9 Å². The molecule has 7 nitrogen and oxygen atoms in total. The molecule has 0 aliphatic heterocycles. The minimum atomic E-state index is -4.02. The predicted octanol–water partition coefficient (Wildman–Crippen LogP) is 2.82. The van der Waals surface area contributed by atoms with Gasteiger partial charge in [-0.15, -0.1) is 11.3 Å². The monoisotopic (exact) mass is 433 g/mol. The number of anilines is 2. The highest BCUT2D eigenvalue weighted by molar-refractivity contribution is 7.94. The third-order valence-corrected chi connectivity index (χ3v) is 7.04. The lowest BCUT2D eigenvalue weighted by molar-refractivity contribution is -0.114. The molecule has 0 atom stereocenters. The van der Waals surface area contributed by atoms with E-state index in [-0.39, 0.29) is 15.5 Å². The van der Waals surface area contributed by atoms with Crippen LogP contribution in [0.15, 0.2) is 70.3 Å². The molecule has 3 N–H and O–H groups in total. The maximum atomic E-state index is 13.3. The second-order valence-electron chi connectivity index (χ2n) is 5.91. The van der Waals surface area contributed by atoms with E-state index in [0.29, 0.717) is 5.69 Å². The van der Waals surface area contributed by atoms with Crippen molar-refractivity contribution in [3.8, 4) is 0 Å². The highest BCUT2D eigenvalue weighted by Crippen LogP contribution is 2.26. The highest BCUT2D eigenvalue weighted by Gasteiger charge is 2.28. The van der Waals surface area contributed by atoms with Crippen molar-refractivity contribution >= 4 is 44.5 Å². The van der Waals surface area contributed by atoms with E-state index in [1.165, 1.54) is 42.5 Å². The number of hydrogen-bond donors (Lipinski definition) is 2. The van der Waals surface area contributed by atoms with Crippen LogP contribution in [0.4, 0.5) is 15.8 Å². The molecular weight excluding hydrogens is 417 g/mol. The van der Waals surface area contributed by atoms with Gasteiger partial charge < -0.3 is 11.1 Å². The number of carbonyl (C=O) groups excluding carboxylic acids is 2. The molecule has 150 valence electrons. The number of benzene rings is 2. The number of halogens is 1. The van der Waals surface area contributed by atoms with Gasteiger partial charge in [-0.2, -0.15) is 0 Å². The Morgan fingerprint density at radius 2 is 1.69 bits per heavy atom. The van der Waals surface area contributed by atoms with Gasteiger partial charge in [-0.25, -0.2) is 12.8 Å². The summed E-state index contributed by atoms with van der Waals surface area (Å²) in [7, 11) is -4.02. The summed E-state index contributed by atoms with van der Waals surface area (Å²) in [5.74, 6) is -1.74. The van der Waals surface area contributed by atoms with Crippen LogP contribution in [-0.2, 0) is 14.8 Å². The summed E-state index contributed by atoms with van der Waals surface area (Å²) in [4.78, 5) is 23.6. The van der Waals surface area contributed by atoms with E-state index in [2.05, 4.69) is 5.32 Å². The molecule has 0 radical (unpaired) electrons. The number of nitrogens with one attached hydrogen (secondary N) is 1. The molecule has 1 heterocycles. The minimum absolute atomic E-state index is 0.0560. The summed E-state index contributed by atoms with van der Waals surface area (Å²) in [6.45, 7) is -0.524.